The number of benzene rings is 1. The molecule has 1 amide bonds. The van der Waals surface area contributed by atoms with Gasteiger partial charge in [0.2, 0.25) is 5.91 Å². The van der Waals surface area contributed by atoms with Gasteiger partial charge in [-0.1, -0.05) is 0 Å². The molecule has 0 aliphatic carbocycles. The van der Waals surface area contributed by atoms with Gasteiger partial charge in [-0.3, -0.25) is 9.48 Å². The molecule has 0 aliphatic rings. The highest BCUT2D eigenvalue weighted by atomic mass is 16.1. The maximum Gasteiger partial charge on any atom is 0.238 e. The summed E-state index contributed by atoms with van der Waals surface area (Å²) in [4.78, 5) is 11.3. The van der Waals surface area contributed by atoms with E-state index in [4.69, 9.17) is 5.26 Å². The highest BCUT2D eigenvalue weighted by Gasteiger charge is 2.06. The monoisotopic (exact) mass is 228 g/mol. The standard InChI is InChI=1S/C12H12N4O/c1-8-10-4-3-9(14-12(17)5-6-13)7-11(10)15-16(8)2/h3-4,7H,5H2,1-2H3,(H,14,17). The Labute approximate surface area is 98.6 Å². The molecule has 5 heteroatoms. The normalized spacial score (nSPS) is 10.2. The summed E-state index contributed by atoms with van der Waals surface area (Å²) in [6.07, 6.45) is -0.140. The Morgan fingerprint density at radius 3 is 3.06 bits per heavy atom. The Morgan fingerprint density at radius 2 is 2.35 bits per heavy atom. The van der Waals surface area contributed by atoms with Gasteiger partial charge in [-0.05, 0) is 25.1 Å². The summed E-state index contributed by atoms with van der Waals surface area (Å²) < 4.78 is 1.80. The number of fused-ring (bicyclic) bond motifs is 1. The van der Waals surface area contributed by atoms with Crippen molar-refractivity contribution >= 4 is 22.5 Å². The average molecular weight is 228 g/mol. The lowest BCUT2D eigenvalue weighted by Crippen LogP contribution is -2.09. The number of nitrogens with zero attached hydrogens (tertiary/aromatic N) is 3. The molecular formula is C12H12N4O. The predicted molar refractivity (Wildman–Crippen MR) is 64.3 cm³/mol. The molecule has 86 valence electrons. The zero-order valence-corrected chi connectivity index (χ0v) is 9.69. The lowest BCUT2D eigenvalue weighted by Gasteiger charge is -2.01. The van der Waals surface area contributed by atoms with E-state index in [9.17, 15) is 4.79 Å². The van der Waals surface area contributed by atoms with Crippen LogP contribution in [0.15, 0.2) is 18.2 Å². The van der Waals surface area contributed by atoms with E-state index in [1.807, 2.05) is 26.1 Å². The number of aryl methyl sites for hydroxylation is 2. The number of anilines is 1. The Morgan fingerprint density at radius 1 is 1.59 bits per heavy atom. The molecule has 2 rings (SSSR count). The number of aromatic nitrogens is 2. The fraction of sp³-hybridized carbons (Fsp3) is 0.250. The van der Waals surface area contributed by atoms with Crippen molar-refractivity contribution in [2.45, 2.75) is 13.3 Å². The molecule has 0 spiro atoms. The molecule has 5 nitrogen and oxygen atoms in total. The van der Waals surface area contributed by atoms with E-state index in [-0.39, 0.29) is 12.3 Å². The van der Waals surface area contributed by atoms with E-state index in [1.165, 1.54) is 0 Å². The predicted octanol–water partition coefficient (Wildman–Crippen LogP) is 1.73. The number of carbonyl (C=O) groups is 1. The Balaban J connectivity index is 2.33. The van der Waals surface area contributed by atoms with Crippen molar-refractivity contribution in [3.8, 4) is 6.07 Å². The van der Waals surface area contributed by atoms with Crippen LogP contribution in [0, 0.1) is 18.3 Å². The highest BCUT2D eigenvalue weighted by molar-refractivity contribution is 5.94. The van der Waals surface area contributed by atoms with Gasteiger partial charge in [-0.25, -0.2) is 0 Å². The highest BCUT2D eigenvalue weighted by Crippen LogP contribution is 2.21. The Hall–Kier alpha value is -2.35. The van der Waals surface area contributed by atoms with Crippen LogP contribution in [0.3, 0.4) is 0 Å². The van der Waals surface area contributed by atoms with Crippen LogP contribution in [0.4, 0.5) is 5.69 Å². The zero-order valence-electron chi connectivity index (χ0n) is 9.69. The largest absolute Gasteiger partial charge is 0.325 e. The second-order valence-electron chi connectivity index (χ2n) is 3.82. The van der Waals surface area contributed by atoms with Crippen molar-refractivity contribution in [3.05, 3.63) is 23.9 Å². The lowest BCUT2D eigenvalue weighted by atomic mass is 10.2. The smallest absolute Gasteiger partial charge is 0.238 e. The van der Waals surface area contributed by atoms with E-state index in [0.717, 1.165) is 16.6 Å². The van der Waals surface area contributed by atoms with Crippen LogP contribution in [0.2, 0.25) is 0 Å². The third-order valence-corrected chi connectivity index (χ3v) is 2.65. The number of rotatable bonds is 2. The van der Waals surface area contributed by atoms with E-state index >= 15 is 0 Å². The topological polar surface area (TPSA) is 70.7 Å². The SMILES string of the molecule is Cc1c2ccc(NC(=O)CC#N)cc2nn1C. The molecule has 1 heterocycles. The molecule has 0 aliphatic heterocycles. The number of nitrogens with one attached hydrogen (secondary N) is 1. The fourth-order valence-corrected chi connectivity index (χ4v) is 1.69. The molecule has 0 bridgehead atoms. The van der Waals surface area contributed by atoms with Gasteiger partial charge in [-0.2, -0.15) is 10.4 Å². The Bertz CT molecular complexity index is 621. The molecule has 0 fully saturated rings. The molecule has 0 saturated carbocycles. The first kappa shape index (κ1) is 11.1. The Kier molecular flexibility index (Phi) is 2.79. The summed E-state index contributed by atoms with van der Waals surface area (Å²) in [5.41, 5.74) is 2.57. The van der Waals surface area contributed by atoms with Crippen molar-refractivity contribution in [2.24, 2.45) is 7.05 Å². The van der Waals surface area contributed by atoms with Gasteiger partial charge in [0.05, 0.1) is 11.6 Å². The summed E-state index contributed by atoms with van der Waals surface area (Å²) in [6, 6.07) is 7.34. The van der Waals surface area contributed by atoms with E-state index in [1.54, 1.807) is 16.8 Å². The molecule has 2 aromatic rings. The lowest BCUT2D eigenvalue weighted by molar-refractivity contribution is -0.115. The van der Waals surface area contributed by atoms with Crippen LogP contribution in [0.1, 0.15) is 12.1 Å². The first-order valence-electron chi connectivity index (χ1n) is 5.22. The van der Waals surface area contributed by atoms with Crippen LogP contribution < -0.4 is 5.32 Å². The van der Waals surface area contributed by atoms with E-state index < -0.39 is 0 Å². The average Bonchev–Trinajstić information content (AvgIpc) is 2.55. The minimum Gasteiger partial charge on any atom is -0.325 e. The molecule has 1 aromatic heterocycles. The van der Waals surface area contributed by atoms with Gasteiger partial charge in [0.15, 0.2) is 0 Å². The third-order valence-electron chi connectivity index (χ3n) is 2.65. The maximum absolute atomic E-state index is 11.3. The van der Waals surface area contributed by atoms with E-state index in [0.29, 0.717) is 5.69 Å². The van der Waals surface area contributed by atoms with Gasteiger partial charge in [-0.15, -0.1) is 0 Å². The summed E-state index contributed by atoms with van der Waals surface area (Å²) >= 11 is 0. The first-order valence-corrected chi connectivity index (χ1v) is 5.22. The van der Waals surface area contributed by atoms with Gasteiger partial charge < -0.3 is 5.32 Å². The number of amides is 1. The van der Waals surface area contributed by atoms with Crippen molar-refractivity contribution in [1.82, 2.24) is 9.78 Å². The zero-order chi connectivity index (χ0) is 12.4. The maximum atomic E-state index is 11.3. The van der Waals surface area contributed by atoms with Crippen molar-refractivity contribution in [1.29, 1.82) is 5.26 Å². The number of hydrogen-bond acceptors (Lipinski definition) is 3. The minimum atomic E-state index is -0.306. The summed E-state index contributed by atoms with van der Waals surface area (Å²) in [6.45, 7) is 1.99. The molecule has 1 N–H and O–H groups in total. The number of hydrogen-bond donors (Lipinski definition) is 1. The summed E-state index contributed by atoms with van der Waals surface area (Å²) in [5, 5.41) is 16.4. The molecule has 17 heavy (non-hydrogen) atoms. The molecule has 1 aromatic carbocycles. The van der Waals surface area contributed by atoms with Crippen molar-refractivity contribution < 1.29 is 4.79 Å². The second kappa shape index (κ2) is 4.26. The second-order valence-corrected chi connectivity index (χ2v) is 3.82. The van der Waals surface area contributed by atoms with Gasteiger partial charge >= 0.3 is 0 Å². The molecular weight excluding hydrogens is 216 g/mol. The van der Waals surface area contributed by atoms with Crippen LogP contribution >= 0.6 is 0 Å². The van der Waals surface area contributed by atoms with Gasteiger partial charge in [0, 0.05) is 23.8 Å². The quantitative estimate of drug-likeness (QED) is 0.850. The number of nitriles is 1. The van der Waals surface area contributed by atoms with Gasteiger partial charge in [0.1, 0.15) is 6.42 Å². The third kappa shape index (κ3) is 2.11. The van der Waals surface area contributed by atoms with Crippen molar-refractivity contribution in [2.75, 3.05) is 5.32 Å². The molecule has 0 radical (unpaired) electrons. The molecule has 0 atom stereocenters. The van der Waals surface area contributed by atoms with Crippen LogP contribution in [0.25, 0.3) is 10.9 Å². The summed E-state index contributed by atoms with van der Waals surface area (Å²) in [7, 11) is 1.88. The fourth-order valence-electron chi connectivity index (χ4n) is 1.69. The molecule has 0 saturated heterocycles. The summed E-state index contributed by atoms with van der Waals surface area (Å²) in [5.74, 6) is -0.306. The minimum absolute atomic E-state index is 0.140. The van der Waals surface area contributed by atoms with Crippen molar-refractivity contribution in [3.63, 3.8) is 0 Å². The first-order chi connectivity index (χ1) is 8.11. The van der Waals surface area contributed by atoms with Gasteiger partial charge in [0.25, 0.3) is 0 Å². The van der Waals surface area contributed by atoms with E-state index in [2.05, 4.69) is 10.4 Å². The number of carbonyl (C=O) groups excluding carboxylic acids is 1. The van der Waals surface area contributed by atoms with Crippen LogP contribution in [0.5, 0.6) is 0 Å². The van der Waals surface area contributed by atoms with Crippen LogP contribution in [-0.2, 0) is 11.8 Å². The van der Waals surface area contributed by atoms with Crippen LogP contribution in [-0.4, -0.2) is 15.7 Å². The molecule has 0 unspecified atom stereocenters.